The number of hydrogen-bond donors (Lipinski definition) is 1. The van der Waals surface area contributed by atoms with Gasteiger partial charge in [-0.2, -0.15) is 0 Å². The lowest BCUT2D eigenvalue weighted by Crippen LogP contribution is -2.26. The lowest BCUT2D eigenvalue weighted by atomic mass is 10.1. The fourth-order valence-corrected chi connectivity index (χ4v) is 1.82. The summed E-state index contributed by atoms with van der Waals surface area (Å²) in [6.07, 6.45) is 1.70. The van der Waals surface area contributed by atoms with Gasteiger partial charge in [0.15, 0.2) is 0 Å². The Bertz CT molecular complexity index is 586. The molecule has 0 radical (unpaired) electrons. The van der Waals surface area contributed by atoms with Crippen LogP contribution in [-0.2, 0) is 6.54 Å². The zero-order chi connectivity index (χ0) is 13.8. The van der Waals surface area contributed by atoms with Crippen molar-refractivity contribution in [1.29, 1.82) is 0 Å². The number of nitrogens with zero attached hydrogens (tertiary/aromatic N) is 2. The van der Waals surface area contributed by atoms with Crippen molar-refractivity contribution in [3.63, 3.8) is 0 Å². The van der Waals surface area contributed by atoms with Crippen molar-refractivity contribution in [2.24, 2.45) is 0 Å². The van der Waals surface area contributed by atoms with Gasteiger partial charge in [-0.3, -0.25) is 9.78 Å². The Morgan fingerprint density at radius 3 is 2.79 bits per heavy atom. The number of halogens is 1. The first-order chi connectivity index (χ1) is 9.08. The van der Waals surface area contributed by atoms with Gasteiger partial charge in [-0.15, -0.1) is 0 Å². The molecular weight excluding hydrogens is 262 g/mol. The van der Waals surface area contributed by atoms with Crippen molar-refractivity contribution in [2.75, 3.05) is 12.8 Å². The van der Waals surface area contributed by atoms with Crippen molar-refractivity contribution in [2.45, 2.75) is 6.54 Å². The monoisotopic (exact) mass is 275 g/mol. The maximum atomic E-state index is 12.2. The third-order valence-corrected chi connectivity index (χ3v) is 3.06. The van der Waals surface area contributed by atoms with Crippen LogP contribution in [-0.4, -0.2) is 22.8 Å². The number of aromatic nitrogens is 1. The van der Waals surface area contributed by atoms with Crippen LogP contribution >= 0.6 is 11.6 Å². The molecule has 0 unspecified atom stereocenters. The molecule has 98 valence electrons. The average molecular weight is 276 g/mol. The number of anilines is 1. The van der Waals surface area contributed by atoms with Crippen LogP contribution in [0.3, 0.4) is 0 Å². The molecule has 1 amide bonds. The van der Waals surface area contributed by atoms with Gasteiger partial charge in [-0.25, -0.2) is 0 Å². The Kier molecular flexibility index (Phi) is 4.02. The fourth-order valence-electron chi connectivity index (χ4n) is 1.70. The van der Waals surface area contributed by atoms with Gasteiger partial charge in [0.1, 0.15) is 0 Å². The number of amides is 1. The summed E-state index contributed by atoms with van der Waals surface area (Å²) >= 11 is 5.83. The highest BCUT2D eigenvalue weighted by Gasteiger charge is 2.13. The summed E-state index contributed by atoms with van der Waals surface area (Å²) in [6.45, 7) is 0.447. The highest BCUT2D eigenvalue weighted by atomic mass is 35.5. The smallest absolute Gasteiger partial charge is 0.254 e. The van der Waals surface area contributed by atoms with Gasteiger partial charge in [0.05, 0.1) is 22.9 Å². The Hall–Kier alpha value is -2.07. The molecule has 2 N–H and O–H groups in total. The normalized spacial score (nSPS) is 10.2. The maximum Gasteiger partial charge on any atom is 0.254 e. The third kappa shape index (κ3) is 3.23. The molecule has 0 atom stereocenters. The van der Waals surface area contributed by atoms with E-state index < -0.39 is 0 Å². The molecule has 0 aliphatic heterocycles. The minimum atomic E-state index is -0.117. The van der Waals surface area contributed by atoms with Crippen LogP contribution in [0.2, 0.25) is 5.02 Å². The third-order valence-electron chi connectivity index (χ3n) is 2.71. The summed E-state index contributed by atoms with van der Waals surface area (Å²) in [5, 5.41) is 0.448. The molecule has 1 aromatic carbocycles. The van der Waals surface area contributed by atoms with Crippen molar-refractivity contribution >= 4 is 23.2 Å². The van der Waals surface area contributed by atoms with Crippen LogP contribution < -0.4 is 5.73 Å². The lowest BCUT2D eigenvalue weighted by molar-refractivity contribution is 0.0783. The number of nitrogens with two attached hydrogens (primary N) is 1. The summed E-state index contributed by atoms with van der Waals surface area (Å²) in [7, 11) is 1.72. The van der Waals surface area contributed by atoms with Crippen molar-refractivity contribution in [3.05, 3.63) is 58.9 Å². The molecular formula is C14H14ClN3O. The number of rotatable bonds is 3. The maximum absolute atomic E-state index is 12.2. The molecule has 4 nitrogen and oxygen atoms in total. The summed E-state index contributed by atoms with van der Waals surface area (Å²) in [5.74, 6) is -0.117. The number of hydrogen-bond acceptors (Lipinski definition) is 3. The second kappa shape index (κ2) is 5.71. The first-order valence-electron chi connectivity index (χ1n) is 5.78. The van der Waals surface area contributed by atoms with Gasteiger partial charge in [0.25, 0.3) is 5.91 Å². The van der Waals surface area contributed by atoms with Crippen LogP contribution in [0.25, 0.3) is 0 Å². The summed E-state index contributed by atoms with van der Waals surface area (Å²) < 4.78 is 0. The fraction of sp³-hybridized carbons (Fsp3) is 0.143. The van der Waals surface area contributed by atoms with E-state index in [1.54, 1.807) is 36.3 Å². The van der Waals surface area contributed by atoms with Crippen LogP contribution in [0.4, 0.5) is 5.69 Å². The van der Waals surface area contributed by atoms with Gasteiger partial charge in [0.2, 0.25) is 0 Å². The van der Waals surface area contributed by atoms with E-state index in [0.29, 0.717) is 22.8 Å². The minimum absolute atomic E-state index is 0.117. The molecule has 0 fully saturated rings. The van der Waals surface area contributed by atoms with Crippen molar-refractivity contribution < 1.29 is 4.79 Å². The molecule has 1 heterocycles. The molecule has 0 aliphatic rings. The predicted molar refractivity (Wildman–Crippen MR) is 75.9 cm³/mol. The summed E-state index contributed by atoms with van der Waals surface area (Å²) in [5.41, 5.74) is 7.45. The van der Waals surface area contributed by atoms with E-state index in [1.807, 2.05) is 18.2 Å². The highest BCUT2D eigenvalue weighted by Crippen LogP contribution is 2.20. The average Bonchev–Trinajstić information content (AvgIpc) is 2.42. The summed E-state index contributed by atoms with van der Waals surface area (Å²) in [6, 6.07) is 10.5. The minimum Gasteiger partial charge on any atom is -0.398 e. The van der Waals surface area contributed by atoms with E-state index in [1.165, 1.54) is 0 Å². The largest absolute Gasteiger partial charge is 0.398 e. The van der Waals surface area contributed by atoms with E-state index in [9.17, 15) is 4.79 Å². The van der Waals surface area contributed by atoms with Crippen LogP contribution in [0.15, 0.2) is 42.6 Å². The predicted octanol–water partition coefficient (Wildman–Crippen LogP) is 2.59. The molecule has 0 saturated carbocycles. The lowest BCUT2D eigenvalue weighted by Gasteiger charge is -2.17. The molecule has 0 saturated heterocycles. The van der Waals surface area contributed by atoms with E-state index in [-0.39, 0.29) is 5.91 Å². The van der Waals surface area contributed by atoms with Gasteiger partial charge >= 0.3 is 0 Å². The SMILES string of the molecule is CN(Cc1ccccn1)C(=O)c1ccc(Cl)c(N)c1. The van der Waals surface area contributed by atoms with Gasteiger partial charge in [-0.1, -0.05) is 17.7 Å². The van der Waals surface area contributed by atoms with Crippen LogP contribution in [0.5, 0.6) is 0 Å². The Morgan fingerprint density at radius 1 is 1.37 bits per heavy atom. The van der Waals surface area contributed by atoms with E-state index in [0.717, 1.165) is 5.69 Å². The van der Waals surface area contributed by atoms with E-state index in [4.69, 9.17) is 17.3 Å². The number of carbonyl (C=O) groups is 1. The molecule has 1 aromatic heterocycles. The van der Waals surface area contributed by atoms with Gasteiger partial charge < -0.3 is 10.6 Å². The zero-order valence-corrected chi connectivity index (χ0v) is 11.3. The second-order valence-electron chi connectivity index (χ2n) is 4.22. The number of pyridine rings is 1. The van der Waals surface area contributed by atoms with Crippen molar-refractivity contribution in [3.8, 4) is 0 Å². The first kappa shape index (κ1) is 13.4. The van der Waals surface area contributed by atoms with Gasteiger partial charge in [0, 0.05) is 18.8 Å². The second-order valence-corrected chi connectivity index (χ2v) is 4.63. The molecule has 5 heteroatoms. The van der Waals surface area contributed by atoms with Crippen LogP contribution in [0.1, 0.15) is 16.1 Å². The van der Waals surface area contributed by atoms with E-state index in [2.05, 4.69) is 4.98 Å². The molecule has 2 rings (SSSR count). The quantitative estimate of drug-likeness (QED) is 0.876. The van der Waals surface area contributed by atoms with Crippen LogP contribution in [0, 0.1) is 0 Å². The molecule has 2 aromatic rings. The van der Waals surface area contributed by atoms with E-state index >= 15 is 0 Å². The number of nitrogen functional groups attached to an aromatic ring is 1. The first-order valence-corrected chi connectivity index (χ1v) is 6.16. The molecule has 0 bridgehead atoms. The van der Waals surface area contributed by atoms with Gasteiger partial charge in [-0.05, 0) is 30.3 Å². The topological polar surface area (TPSA) is 59.2 Å². The Morgan fingerprint density at radius 2 is 2.16 bits per heavy atom. The Labute approximate surface area is 116 Å². The molecule has 0 aliphatic carbocycles. The number of benzene rings is 1. The zero-order valence-electron chi connectivity index (χ0n) is 10.5. The highest BCUT2D eigenvalue weighted by molar-refractivity contribution is 6.33. The van der Waals surface area contributed by atoms with Crippen molar-refractivity contribution in [1.82, 2.24) is 9.88 Å². The molecule has 0 spiro atoms. The number of carbonyl (C=O) groups excluding carboxylic acids is 1. The molecule has 19 heavy (non-hydrogen) atoms. The standard InChI is InChI=1S/C14H14ClN3O/c1-18(9-11-4-2-3-7-17-11)14(19)10-5-6-12(15)13(16)8-10/h2-8H,9,16H2,1H3. The Balaban J connectivity index is 2.12. The summed E-state index contributed by atoms with van der Waals surface area (Å²) in [4.78, 5) is 18.0.